The number of aromatic amines is 1. The molecule has 1 atom stereocenters. The van der Waals surface area contributed by atoms with E-state index in [1.165, 1.54) is 4.57 Å². The Kier molecular flexibility index (Phi) is 6.21. The van der Waals surface area contributed by atoms with Gasteiger partial charge in [-0.25, -0.2) is 4.79 Å². The van der Waals surface area contributed by atoms with Crippen LogP contribution in [-0.4, -0.2) is 80.6 Å². The first-order valence-electron chi connectivity index (χ1n) is 9.78. The van der Waals surface area contributed by atoms with Crippen LogP contribution in [0.1, 0.15) is 20.8 Å². The van der Waals surface area contributed by atoms with Crippen molar-refractivity contribution in [3.63, 3.8) is 0 Å². The maximum Gasteiger partial charge on any atom is 0.329 e. The highest BCUT2D eigenvalue weighted by molar-refractivity contribution is 5.74. The van der Waals surface area contributed by atoms with Crippen LogP contribution in [0.5, 0.6) is 0 Å². The van der Waals surface area contributed by atoms with Gasteiger partial charge in [0.2, 0.25) is 5.95 Å². The molecular formula is C18H30N6O4. The van der Waals surface area contributed by atoms with Crippen LogP contribution in [0, 0.1) is 0 Å². The number of H-pyrrole nitrogens is 1. The fraction of sp³-hybridized carbons (Fsp3) is 0.722. The lowest BCUT2D eigenvalue weighted by atomic mass is 10.3. The number of likely N-dealkylation sites (N-methyl/N-ethyl adjacent to an activating group) is 1. The molecule has 2 aromatic heterocycles. The van der Waals surface area contributed by atoms with Crippen LogP contribution >= 0.6 is 0 Å². The maximum absolute atomic E-state index is 12.5. The van der Waals surface area contributed by atoms with Gasteiger partial charge in [-0.1, -0.05) is 6.92 Å². The summed E-state index contributed by atoms with van der Waals surface area (Å²) < 4.78 is 8.55. The highest BCUT2D eigenvalue weighted by atomic mass is 16.5. The van der Waals surface area contributed by atoms with Crippen molar-refractivity contribution < 1.29 is 9.84 Å². The Balaban J connectivity index is 2.01. The molecule has 3 heterocycles. The molecule has 0 saturated carbocycles. The smallest absolute Gasteiger partial charge is 0.329 e. The highest BCUT2D eigenvalue weighted by Crippen LogP contribution is 2.21. The second-order valence-electron chi connectivity index (χ2n) is 7.47. The monoisotopic (exact) mass is 394 g/mol. The van der Waals surface area contributed by atoms with Crippen molar-refractivity contribution in [2.75, 3.05) is 44.2 Å². The van der Waals surface area contributed by atoms with Crippen LogP contribution < -0.4 is 16.1 Å². The minimum atomic E-state index is -0.799. The van der Waals surface area contributed by atoms with Gasteiger partial charge in [-0.15, -0.1) is 0 Å². The molecule has 156 valence electrons. The Bertz CT molecular complexity index is 923. The highest BCUT2D eigenvalue weighted by Gasteiger charge is 2.25. The standard InChI is InChI=1S/C18H30N6O4/c1-5-22-6-8-23(9-7-22)17-19-15-14(16(26)20-18(27)21(15)4)24(17)10-13(25)11-28-12(2)3/h12-13,25H,5-11H2,1-4H3,(H,20,26,27). The molecule has 1 aliphatic rings. The Morgan fingerprint density at radius 1 is 1.21 bits per heavy atom. The summed E-state index contributed by atoms with van der Waals surface area (Å²) in [7, 11) is 1.58. The van der Waals surface area contributed by atoms with Gasteiger partial charge in [-0.3, -0.25) is 14.3 Å². The van der Waals surface area contributed by atoms with Crippen LogP contribution in [0.4, 0.5) is 5.95 Å². The van der Waals surface area contributed by atoms with Crippen LogP contribution in [0.15, 0.2) is 9.59 Å². The van der Waals surface area contributed by atoms with Crippen molar-refractivity contribution in [3.8, 4) is 0 Å². The molecule has 1 aliphatic heterocycles. The molecule has 1 saturated heterocycles. The molecule has 3 rings (SSSR count). The minimum absolute atomic E-state index is 0.00000241. The topological polar surface area (TPSA) is 109 Å². The first kappa shape index (κ1) is 20.6. The van der Waals surface area contributed by atoms with E-state index in [4.69, 9.17) is 4.74 Å². The van der Waals surface area contributed by atoms with E-state index in [1.54, 1.807) is 11.6 Å². The number of aryl methyl sites for hydroxylation is 1. The van der Waals surface area contributed by atoms with Crippen LogP contribution in [0.2, 0.25) is 0 Å². The van der Waals surface area contributed by atoms with Crippen molar-refractivity contribution in [3.05, 3.63) is 20.8 Å². The number of nitrogens with one attached hydrogen (secondary N) is 1. The zero-order valence-corrected chi connectivity index (χ0v) is 17.0. The van der Waals surface area contributed by atoms with Gasteiger partial charge in [0.25, 0.3) is 5.56 Å². The summed E-state index contributed by atoms with van der Waals surface area (Å²) in [6, 6.07) is 0. The van der Waals surface area contributed by atoms with Crippen molar-refractivity contribution >= 4 is 17.1 Å². The summed E-state index contributed by atoms with van der Waals surface area (Å²) in [6.07, 6.45) is -0.799. The number of aliphatic hydroxyl groups excluding tert-OH is 1. The quantitative estimate of drug-likeness (QED) is 0.642. The average Bonchev–Trinajstić information content (AvgIpc) is 3.04. The molecule has 1 fully saturated rings. The zero-order valence-electron chi connectivity index (χ0n) is 17.0. The van der Waals surface area contributed by atoms with E-state index in [0.717, 1.165) is 32.7 Å². The van der Waals surface area contributed by atoms with E-state index < -0.39 is 17.4 Å². The van der Waals surface area contributed by atoms with Crippen LogP contribution in [-0.2, 0) is 18.3 Å². The van der Waals surface area contributed by atoms with E-state index in [2.05, 4.69) is 26.7 Å². The second kappa shape index (κ2) is 8.46. The van der Waals surface area contributed by atoms with Crippen LogP contribution in [0.3, 0.4) is 0 Å². The molecule has 10 heteroatoms. The summed E-state index contributed by atoms with van der Waals surface area (Å²) in [5.41, 5.74) is -0.397. The van der Waals surface area contributed by atoms with E-state index in [9.17, 15) is 14.7 Å². The minimum Gasteiger partial charge on any atom is -0.389 e. The third kappa shape index (κ3) is 4.13. The third-order valence-corrected chi connectivity index (χ3v) is 5.10. The number of hydrogen-bond acceptors (Lipinski definition) is 7. The molecule has 0 bridgehead atoms. The summed E-state index contributed by atoms with van der Waals surface area (Å²) in [5.74, 6) is 0.598. The number of imidazole rings is 1. The Labute approximate surface area is 163 Å². The third-order valence-electron chi connectivity index (χ3n) is 5.10. The molecule has 1 unspecified atom stereocenters. The van der Waals surface area contributed by atoms with E-state index in [1.807, 2.05) is 13.8 Å². The number of hydrogen-bond donors (Lipinski definition) is 2. The normalized spacial score (nSPS) is 17.0. The Hall–Kier alpha value is -2.17. The summed E-state index contributed by atoms with van der Waals surface area (Å²) >= 11 is 0. The van der Waals surface area contributed by atoms with E-state index in [0.29, 0.717) is 17.1 Å². The number of anilines is 1. The van der Waals surface area contributed by atoms with Crippen molar-refractivity contribution in [1.82, 2.24) is 24.0 Å². The number of fused-ring (bicyclic) bond motifs is 1. The number of aromatic nitrogens is 4. The summed E-state index contributed by atoms with van der Waals surface area (Å²) in [5, 5.41) is 10.5. The van der Waals surface area contributed by atoms with Crippen LogP contribution in [0.25, 0.3) is 11.2 Å². The fourth-order valence-electron chi connectivity index (χ4n) is 3.47. The number of aliphatic hydroxyl groups is 1. The Morgan fingerprint density at radius 2 is 1.89 bits per heavy atom. The van der Waals surface area contributed by atoms with Gasteiger partial charge in [0.05, 0.1) is 25.4 Å². The molecule has 0 radical (unpaired) electrons. The van der Waals surface area contributed by atoms with Gasteiger partial charge in [0.15, 0.2) is 11.2 Å². The Morgan fingerprint density at radius 3 is 2.50 bits per heavy atom. The largest absolute Gasteiger partial charge is 0.389 e. The zero-order chi connectivity index (χ0) is 20.4. The molecule has 2 N–H and O–H groups in total. The SMILES string of the molecule is CCN1CCN(c2nc3c(c(=O)[nH]c(=O)n3C)n2CC(O)COC(C)C)CC1. The predicted octanol–water partition coefficient (Wildman–Crippen LogP) is -0.649. The average molecular weight is 394 g/mol. The maximum atomic E-state index is 12.5. The van der Waals surface area contributed by atoms with Gasteiger partial charge in [-0.05, 0) is 20.4 Å². The molecule has 0 amide bonds. The van der Waals surface area contributed by atoms with Crippen molar-refractivity contribution in [2.24, 2.45) is 7.05 Å². The van der Waals surface area contributed by atoms with Crippen molar-refractivity contribution in [1.29, 1.82) is 0 Å². The second-order valence-corrected chi connectivity index (χ2v) is 7.47. The van der Waals surface area contributed by atoms with E-state index in [-0.39, 0.29) is 19.3 Å². The van der Waals surface area contributed by atoms with Gasteiger partial charge in [-0.2, -0.15) is 4.98 Å². The number of piperazine rings is 1. The lowest BCUT2D eigenvalue weighted by molar-refractivity contribution is -0.000198. The molecule has 0 aliphatic carbocycles. The van der Waals surface area contributed by atoms with Gasteiger partial charge < -0.3 is 24.2 Å². The molecule has 28 heavy (non-hydrogen) atoms. The van der Waals surface area contributed by atoms with Gasteiger partial charge in [0.1, 0.15) is 0 Å². The molecule has 0 spiro atoms. The molecule has 2 aromatic rings. The first-order chi connectivity index (χ1) is 13.3. The number of nitrogens with zero attached hydrogens (tertiary/aromatic N) is 5. The van der Waals surface area contributed by atoms with Gasteiger partial charge in [0, 0.05) is 33.2 Å². The molecule has 0 aromatic carbocycles. The summed E-state index contributed by atoms with van der Waals surface area (Å²) in [6.45, 7) is 10.6. The number of rotatable bonds is 7. The number of ether oxygens (including phenoxy) is 1. The predicted molar refractivity (Wildman–Crippen MR) is 107 cm³/mol. The first-order valence-corrected chi connectivity index (χ1v) is 9.78. The fourth-order valence-corrected chi connectivity index (χ4v) is 3.47. The lowest BCUT2D eigenvalue weighted by Gasteiger charge is -2.35. The van der Waals surface area contributed by atoms with Gasteiger partial charge >= 0.3 is 5.69 Å². The van der Waals surface area contributed by atoms with E-state index >= 15 is 0 Å². The lowest BCUT2D eigenvalue weighted by Crippen LogP contribution is -2.47. The van der Waals surface area contributed by atoms with Crippen molar-refractivity contribution in [2.45, 2.75) is 39.5 Å². The molecular weight excluding hydrogens is 364 g/mol. The summed E-state index contributed by atoms with van der Waals surface area (Å²) in [4.78, 5) is 35.9. The molecule has 10 nitrogen and oxygen atoms in total.